The van der Waals surface area contributed by atoms with Gasteiger partial charge in [-0.05, 0) is 66.6 Å². The Hall–Kier alpha value is -6.39. The van der Waals surface area contributed by atoms with Crippen LogP contribution in [0.3, 0.4) is 0 Å². The number of carbonyl (C=O) groups is 3. The molecular weight excluding hydrogens is 1490 g/mol. The molecule has 10 aromatic rings. The standard InChI is InChI=1S/C18H16Cl2N4O3.C16H12Cl2N4O3.C8H4Cl2N4O2.C5H2Cl3N.C5H2Cl2N.3CH3.Sn/c1-3-27-18(25)16-17(15-8-13(19)14(20)9-21-15)24(23-22-16)10-11-4-6-12(26-2)7-5-11;1-25-10-4-2-9(3-5-10)8-22-15(14(16(23)24)20-21-22)13-6-11(17)12(18)7-19-13;9-3-1-5(11-2-4(3)10)6-7(8(15)16)13-14-12-6;6-3-1-5(8)9-2-4(3)7;6-4-1-2-8-3-5(4)7;;;;/h4-9H,3,10H2,1-2H3;2-7H,8H2,1H3,(H,23,24);1-2H,(H,15,16)(H,12,13,14);1-2H;1,3H;3*1H3;. The van der Waals surface area contributed by atoms with Gasteiger partial charge in [0.2, 0.25) is 0 Å². The van der Waals surface area contributed by atoms with Gasteiger partial charge in [0, 0.05) is 24.8 Å². The van der Waals surface area contributed by atoms with Gasteiger partial charge in [0.25, 0.3) is 0 Å². The van der Waals surface area contributed by atoms with Crippen molar-refractivity contribution in [1.82, 2.24) is 70.3 Å². The first-order chi connectivity index (χ1) is 42.2. The summed E-state index contributed by atoms with van der Waals surface area (Å²) in [6.45, 7) is 2.62. The van der Waals surface area contributed by atoms with E-state index in [0.717, 1.165) is 22.6 Å². The molecule has 0 unspecified atom stereocenters. The summed E-state index contributed by atoms with van der Waals surface area (Å²) in [4.78, 5) is 61.8. The summed E-state index contributed by atoms with van der Waals surface area (Å²) in [7, 11) is 3.19. The number of benzene rings is 2. The van der Waals surface area contributed by atoms with Gasteiger partial charge in [-0.25, -0.2) is 28.7 Å². The van der Waals surface area contributed by atoms with Crippen LogP contribution >= 0.6 is 128 Å². The van der Waals surface area contributed by atoms with Gasteiger partial charge in [0.15, 0.2) is 17.1 Å². The van der Waals surface area contributed by atoms with Crippen molar-refractivity contribution in [1.29, 1.82) is 0 Å². The van der Waals surface area contributed by atoms with Crippen molar-refractivity contribution in [2.24, 2.45) is 0 Å². The summed E-state index contributed by atoms with van der Waals surface area (Å²) in [5, 5.41) is 47.5. The topological polar surface area (TPSA) is 287 Å². The first-order valence-corrected chi connectivity index (χ1v) is 39.3. The third kappa shape index (κ3) is 20.3. The Kier molecular flexibility index (Phi) is 27.1. The molecule has 89 heavy (non-hydrogen) atoms. The van der Waals surface area contributed by atoms with Crippen molar-refractivity contribution >= 4 is 168 Å². The van der Waals surface area contributed by atoms with Gasteiger partial charge in [0.1, 0.15) is 33.7 Å². The summed E-state index contributed by atoms with van der Waals surface area (Å²) in [6.07, 6.45) is 7.14. The number of aromatic amines is 1. The molecule has 8 aromatic heterocycles. The molecule has 2 aromatic carbocycles. The van der Waals surface area contributed by atoms with E-state index in [1.165, 1.54) is 51.4 Å². The molecule has 0 fully saturated rings. The summed E-state index contributed by atoms with van der Waals surface area (Å²) in [5.41, 5.74) is 3.29. The number of methoxy groups -OCH3 is 2. The van der Waals surface area contributed by atoms with E-state index in [0.29, 0.717) is 71.2 Å². The van der Waals surface area contributed by atoms with E-state index in [-0.39, 0.29) is 55.2 Å². The van der Waals surface area contributed by atoms with E-state index in [1.807, 2.05) is 42.5 Å². The molecule has 0 atom stereocenters. The molecule has 34 heteroatoms. The molecule has 0 amide bonds. The molecule has 0 bridgehead atoms. The molecule has 22 nitrogen and oxygen atoms in total. The van der Waals surface area contributed by atoms with Crippen molar-refractivity contribution in [3.8, 4) is 45.7 Å². The van der Waals surface area contributed by atoms with Gasteiger partial charge in [0.05, 0.1) is 91.2 Å². The number of aromatic carboxylic acids is 2. The minimum atomic E-state index is -2.04. The van der Waals surface area contributed by atoms with Crippen LogP contribution in [0.15, 0.2) is 110 Å². The van der Waals surface area contributed by atoms with Crippen molar-refractivity contribution in [2.75, 3.05) is 20.8 Å². The summed E-state index contributed by atoms with van der Waals surface area (Å²) in [6, 6.07) is 22.7. The van der Waals surface area contributed by atoms with Crippen LogP contribution in [0.1, 0.15) is 49.5 Å². The number of carbonyl (C=O) groups excluding carboxylic acids is 1. The van der Waals surface area contributed by atoms with Crippen molar-refractivity contribution < 1.29 is 38.8 Å². The molecule has 8 heterocycles. The predicted octanol–water partition coefficient (Wildman–Crippen LogP) is 15.1. The number of carboxylic acid groups (broad SMARTS) is 2. The van der Waals surface area contributed by atoms with Crippen LogP contribution in [-0.4, -0.2) is 138 Å². The van der Waals surface area contributed by atoms with Crippen LogP contribution in [0.25, 0.3) is 34.2 Å². The Bertz CT molecular complexity index is 4100. The zero-order valence-electron chi connectivity index (χ0n) is 46.8. The monoisotopic (exact) mass is 1530 g/mol. The number of nitrogens with one attached hydrogen (secondary N) is 1. The fourth-order valence-corrected chi connectivity index (χ4v) is 11.7. The molecule has 0 radical (unpaired) electrons. The number of halogens is 11. The first kappa shape index (κ1) is 71.7. The number of carboxylic acids is 2. The number of hydrogen-bond donors (Lipinski definition) is 3. The number of pyridine rings is 5. The van der Waals surface area contributed by atoms with Gasteiger partial charge in [-0.3, -0.25) is 15.0 Å². The second-order valence-electron chi connectivity index (χ2n) is 18.5. The summed E-state index contributed by atoms with van der Waals surface area (Å²) < 4.78 is 19.6. The van der Waals surface area contributed by atoms with Gasteiger partial charge in [-0.15, -0.1) is 15.3 Å². The van der Waals surface area contributed by atoms with E-state index < -0.39 is 36.3 Å². The van der Waals surface area contributed by atoms with Crippen molar-refractivity contribution in [3.05, 3.63) is 193 Å². The van der Waals surface area contributed by atoms with Crippen LogP contribution < -0.4 is 13.2 Å². The number of H-pyrrole nitrogens is 1. The van der Waals surface area contributed by atoms with E-state index in [2.05, 4.69) is 75.8 Å². The molecule has 0 saturated carbocycles. The minimum absolute atomic E-state index is 0.0660. The quantitative estimate of drug-likeness (QED) is 0.0518. The number of ether oxygens (including phenoxy) is 3. The van der Waals surface area contributed by atoms with Gasteiger partial charge in [-0.1, -0.05) is 139 Å². The predicted molar refractivity (Wildman–Crippen MR) is 347 cm³/mol. The fraction of sp³-hybridized carbons (Fsp3) is 0.164. The zero-order chi connectivity index (χ0) is 65.3. The normalized spacial score (nSPS) is 10.7. The maximum atomic E-state index is 12.3. The van der Waals surface area contributed by atoms with Crippen LogP contribution in [-0.2, 0) is 17.8 Å². The molecule has 0 aliphatic carbocycles. The molecule has 0 aliphatic rings. The average molecular weight is 1540 g/mol. The van der Waals surface area contributed by atoms with E-state index in [4.69, 9.17) is 147 Å². The Morgan fingerprint density at radius 3 is 1.28 bits per heavy atom. The second-order valence-corrected chi connectivity index (χ2v) is 37.3. The van der Waals surface area contributed by atoms with Crippen molar-refractivity contribution in [2.45, 2.75) is 34.8 Å². The third-order valence-electron chi connectivity index (χ3n) is 11.4. The molecule has 464 valence electrons. The van der Waals surface area contributed by atoms with Gasteiger partial charge in [-0.2, -0.15) is 10.3 Å². The van der Waals surface area contributed by atoms with E-state index >= 15 is 0 Å². The van der Waals surface area contributed by atoms with Crippen LogP contribution in [0.4, 0.5) is 0 Å². The number of hydrogen-bond acceptors (Lipinski definition) is 17. The Morgan fingerprint density at radius 1 is 0.494 bits per heavy atom. The van der Waals surface area contributed by atoms with Crippen LogP contribution in [0.5, 0.6) is 11.5 Å². The van der Waals surface area contributed by atoms with E-state index in [1.54, 1.807) is 50.2 Å². The van der Waals surface area contributed by atoms with Gasteiger partial charge < -0.3 is 24.4 Å². The fourth-order valence-electron chi connectivity index (χ4n) is 7.05. The molecule has 3 N–H and O–H groups in total. The first-order valence-electron chi connectivity index (χ1n) is 25.1. The molecule has 0 saturated heterocycles. The third-order valence-corrected chi connectivity index (χ3v) is 20.3. The Labute approximate surface area is 566 Å². The number of rotatable bonds is 14. The Morgan fingerprint density at radius 2 is 0.888 bits per heavy atom. The van der Waals surface area contributed by atoms with E-state index in [9.17, 15) is 19.5 Å². The molecule has 0 spiro atoms. The van der Waals surface area contributed by atoms with Crippen LogP contribution in [0, 0.1) is 0 Å². The number of aromatic nitrogens is 14. The second kappa shape index (κ2) is 33.6. The zero-order valence-corrected chi connectivity index (χ0v) is 58.0. The maximum absolute atomic E-state index is 12.3. The molecular formula is C55H45Cl11N14O8Sn. The van der Waals surface area contributed by atoms with Gasteiger partial charge >= 0.3 is 105 Å². The summed E-state index contributed by atoms with van der Waals surface area (Å²) in [5.74, 6) is -1.52. The number of nitrogens with zero attached hydrogens (tertiary/aromatic N) is 13. The summed E-state index contributed by atoms with van der Waals surface area (Å²) >= 11 is 61.6. The van der Waals surface area contributed by atoms with Crippen LogP contribution in [0.2, 0.25) is 70.2 Å². The van der Waals surface area contributed by atoms with Crippen molar-refractivity contribution in [3.63, 3.8) is 0 Å². The molecule has 0 aliphatic heterocycles. The average Bonchev–Trinajstić information content (AvgIpc) is 1.88. The molecule has 10 rings (SSSR count). The number of esters is 1. The Balaban J connectivity index is 0.000000187. The SMILES string of the molecule is CCOC(=O)c1nnn(Cc2ccc(OC)cc2)c1-c1cc(Cl)c(Cl)cn1.COc1ccc(Cn2nnc(C(=O)O)c2-c2cc(Cl)c(Cl)cn2)cc1.Clc1cc(Cl)c(Cl)cn1.O=C(O)c1n[nH]nc1-c1cc(Cl)c(Cl)cn1.[CH3][Sn]([CH3])([CH3])[c]1cc(Cl)c(Cl)cn1.